The van der Waals surface area contributed by atoms with Crippen LogP contribution >= 0.6 is 0 Å². The average molecular weight is 203 g/mol. The van der Waals surface area contributed by atoms with Crippen molar-refractivity contribution < 1.29 is 14.3 Å². The Hall–Kier alpha value is -1.30. The minimum Gasteiger partial charge on any atom is -0.448 e. The van der Waals surface area contributed by atoms with Crippen LogP contribution in [0.25, 0.3) is 0 Å². The number of primary amides is 1. The van der Waals surface area contributed by atoms with Gasteiger partial charge in [0, 0.05) is 0 Å². The molecule has 0 bridgehead atoms. The molecule has 0 aromatic carbocycles. The Morgan fingerprint density at radius 3 is 2.64 bits per heavy atom. The summed E-state index contributed by atoms with van der Waals surface area (Å²) in [6.07, 6.45) is 0.645. The van der Waals surface area contributed by atoms with E-state index in [1.165, 1.54) is 0 Å². The predicted octanol–water partition coefficient (Wildman–Crippen LogP) is -0.675. The predicted molar refractivity (Wildman–Crippen MR) is 51.4 cm³/mol. The molecule has 0 fully saturated rings. The third kappa shape index (κ3) is 6.24. The van der Waals surface area contributed by atoms with Crippen molar-refractivity contribution in [1.29, 1.82) is 0 Å². The molecule has 6 nitrogen and oxygen atoms in total. The van der Waals surface area contributed by atoms with Crippen molar-refractivity contribution in [3.8, 4) is 0 Å². The lowest BCUT2D eigenvalue weighted by atomic mass is 10.2. The van der Waals surface area contributed by atoms with Gasteiger partial charge in [-0.15, -0.1) is 0 Å². The molecular formula is C8H17N3O3. The summed E-state index contributed by atoms with van der Waals surface area (Å²) < 4.78 is 4.42. The molecule has 0 spiro atoms. The van der Waals surface area contributed by atoms with Gasteiger partial charge in [0.05, 0.1) is 12.6 Å². The summed E-state index contributed by atoms with van der Waals surface area (Å²) in [7, 11) is 0. The highest BCUT2D eigenvalue weighted by atomic mass is 16.5. The van der Waals surface area contributed by atoms with E-state index in [4.69, 9.17) is 11.5 Å². The summed E-state index contributed by atoms with van der Waals surface area (Å²) in [6, 6.07) is -0.492. The SMILES string of the molecule is CCC[C@H](N)C(=O)NCCOC(N)=O. The topological polar surface area (TPSA) is 107 Å². The molecule has 5 N–H and O–H groups in total. The number of nitrogens with one attached hydrogen (secondary N) is 1. The third-order valence-corrected chi connectivity index (χ3v) is 1.58. The van der Waals surface area contributed by atoms with Gasteiger partial charge in [-0.2, -0.15) is 0 Å². The zero-order chi connectivity index (χ0) is 11.0. The van der Waals surface area contributed by atoms with Crippen molar-refractivity contribution in [3.05, 3.63) is 0 Å². The van der Waals surface area contributed by atoms with E-state index < -0.39 is 12.1 Å². The lowest BCUT2D eigenvalue weighted by Crippen LogP contribution is -2.41. The molecule has 14 heavy (non-hydrogen) atoms. The maximum absolute atomic E-state index is 11.2. The highest BCUT2D eigenvalue weighted by Gasteiger charge is 2.10. The smallest absolute Gasteiger partial charge is 0.404 e. The first kappa shape index (κ1) is 12.7. The van der Waals surface area contributed by atoms with Crippen LogP contribution < -0.4 is 16.8 Å². The van der Waals surface area contributed by atoms with Crippen LogP contribution in [-0.4, -0.2) is 31.2 Å². The van der Waals surface area contributed by atoms with Crippen LogP contribution in [0.1, 0.15) is 19.8 Å². The van der Waals surface area contributed by atoms with Crippen LogP contribution in [0.2, 0.25) is 0 Å². The number of rotatable bonds is 6. The number of ether oxygens (including phenoxy) is 1. The molecule has 0 heterocycles. The molecule has 0 aromatic heterocycles. The van der Waals surface area contributed by atoms with E-state index >= 15 is 0 Å². The van der Waals surface area contributed by atoms with Gasteiger partial charge in [-0.25, -0.2) is 4.79 Å². The van der Waals surface area contributed by atoms with Crippen LogP contribution in [0.15, 0.2) is 0 Å². The molecule has 0 unspecified atom stereocenters. The number of nitrogens with two attached hydrogens (primary N) is 2. The van der Waals surface area contributed by atoms with Gasteiger partial charge in [0.25, 0.3) is 0 Å². The Balaban J connectivity index is 3.48. The Kier molecular flexibility index (Phi) is 6.47. The van der Waals surface area contributed by atoms with Gasteiger partial charge in [0.1, 0.15) is 6.61 Å². The van der Waals surface area contributed by atoms with Crippen molar-refractivity contribution in [3.63, 3.8) is 0 Å². The van der Waals surface area contributed by atoms with Crippen molar-refractivity contribution in [2.45, 2.75) is 25.8 Å². The first-order valence-corrected chi connectivity index (χ1v) is 4.53. The fraction of sp³-hybridized carbons (Fsp3) is 0.750. The normalized spacial score (nSPS) is 11.9. The molecule has 0 aromatic rings. The molecule has 0 radical (unpaired) electrons. The van der Waals surface area contributed by atoms with Crippen LogP contribution in [0.4, 0.5) is 4.79 Å². The van der Waals surface area contributed by atoms with Gasteiger partial charge in [0.15, 0.2) is 0 Å². The Morgan fingerprint density at radius 2 is 2.14 bits per heavy atom. The van der Waals surface area contributed by atoms with Crippen molar-refractivity contribution in [1.82, 2.24) is 5.32 Å². The Bertz CT molecular complexity index is 196. The molecular weight excluding hydrogens is 186 g/mol. The summed E-state index contributed by atoms with van der Waals surface area (Å²) in [5.74, 6) is -0.236. The lowest BCUT2D eigenvalue weighted by Gasteiger charge is -2.10. The molecule has 0 saturated heterocycles. The second kappa shape index (κ2) is 7.14. The molecule has 0 aliphatic heterocycles. The average Bonchev–Trinajstić information content (AvgIpc) is 2.12. The quantitative estimate of drug-likeness (QED) is 0.497. The van der Waals surface area contributed by atoms with Gasteiger partial charge >= 0.3 is 6.09 Å². The minimum absolute atomic E-state index is 0.0694. The third-order valence-electron chi connectivity index (χ3n) is 1.58. The summed E-state index contributed by atoms with van der Waals surface area (Å²) in [4.78, 5) is 21.3. The fourth-order valence-electron chi connectivity index (χ4n) is 0.899. The van der Waals surface area contributed by atoms with Crippen molar-refractivity contribution in [2.75, 3.05) is 13.2 Å². The van der Waals surface area contributed by atoms with Crippen LogP contribution in [-0.2, 0) is 9.53 Å². The van der Waals surface area contributed by atoms with E-state index in [1.807, 2.05) is 6.92 Å². The molecule has 0 saturated carbocycles. The van der Waals surface area contributed by atoms with Gasteiger partial charge in [-0.1, -0.05) is 13.3 Å². The molecule has 6 heteroatoms. The Labute approximate surface area is 83.0 Å². The molecule has 1 atom stereocenters. The number of amides is 2. The van der Waals surface area contributed by atoms with Gasteiger partial charge in [-0.05, 0) is 6.42 Å². The number of carbonyl (C=O) groups is 2. The first-order valence-electron chi connectivity index (χ1n) is 4.53. The summed E-state index contributed by atoms with van der Waals surface area (Å²) >= 11 is 0. The Morgan fingerprint density at radius 1 is 1.50 bits per heavy atom. The summed E-state index contributed by atoms with van der Waals surface area (Å²) in [5, 5.41) is 2.53. The van der Waals surface area contributed by atoms with E-state index in [9.17, 15) is 9.59 Å². The van der Waals surface area contributed by atoms with Gasteiger partial charge in [0.2, 0.25) is 5.91 Å². The van der Waals surface area contributed by atoms with Crippen molar-refractivity contribution in [2.24, 2.45) is 11.5 Å². The van der Waals surface area contributed by atoms with Gasteiger partial charge in [-0.3, -0.25) is 4.79 Å². The van der Waals surface area contributed by atoms with Crippen molar-refractivity contribution >= 4 is 12.0 Å². The van der Waals surface area contributed by atoms with Crippen LogP contribution in [0.5, 0.6) is 0 Å². The first-order chi connectivity index (χ1) is 6.57. The fourth-order valence-corrected chi connectivity index (χ4v) is 0.899. The zero-order valence-corrected chi connectivity index (χ0v) is 8.29. The van der Waals surface area contributed by atoms with E-state index in [0.717, 1.165) is 6.42 Å². The van der Waals surface area contributed by atoms with E-state index in [2.05, 4.69) is 10.1 Å². The molecule has 82 valence electrons. The molecule has 0 aliphatic carbocycles. The van der Waals surface area contributed by atoms with E-state index in [1.54, 1.807) is 0 Å². The monoisotopic (exact) mass is 203 g/mol. The van der Waals surface area contributed by atoms with Crippen LogP contribution in [0.3, 0.4) is 0 Å². The number of carbonyl (C=O) groups excluding carboxylic acids is 2. The molecule has 2 amide bonds. The lowest BCUT2D eigenvalue weighted by molar-refractivity contribution is -0.122. The highest BCUT2D eigenvalue weighted by Crippen LogP contribution is 1.92. The number of hydrogen-bond acceptors (Lipinski definition) is 4. The molecule has 0 rings (SSSR count). The zero-order valence-electron chi connectivity index (χ0n) is 8.29. The van der Waals surface area contributed by atoms with Gasteiger partial charge < -0.3 is 21.5 Å². The minimum atomic E-state index is -0.850. The summed E-state index contributed by atoms with van der Waals surface area (Å²) in [6.45, 7) is 2.25. The maximum Gasteiger partial charge on any atom is 0.404 e. The summed E-state index contributed by atoms with van der Waals surface area (Å²) in [5.41, 5.74) is 10.2. The largest absolute Gasteiger partial charge is 0.448 e. The maximum atomic E-state index is 11.2. The molecule has 0 aliphatic rings. The highest BCUT2D eigenvalue weighted by molar-refractivity contribution is 5.81. The van der Waals surface area contributed by atoms with Crippen LogP contribution in [0, 0.1) is 0 Å². The number of hydrogen-bond donors (Lipinski definition) is 3. The van der Waals surface area contributed by atoms with E-state index in [-0.39, 0.29) is 19.1 Å². The second-order valence-electron chi connectivity index (χ2n) is 2.85. The van der Waals surface area contributed by atoms with E-state index in [0.29, 0.717) is 6.42 Å². The standard InChI is InChI=1S/C8H17N3O3/c1-2-3-6(9)7(12)11-4-5-14-8(10)13/h6H,2-5,9H2,1H3,(H2,10,13)(H,11,12)/t6-/m0/s1. The second-order valence-corrected chi connectivity index (χ2v) is 2.85.